The van der Waals surface area contributed by atoms with E-state index in [1.165, 1.54) is 22.4 Å². The Balaban J connectivity index is 1.70. The Morgan fingerprint density at radius 2 is 2.19 bits per heavy atom. The Hall–Kier alpha value is -1.81. The molecule has 21 heavy (non-hydrogen) atoms. The normalized spacial score (nSPS) is 14.9. The number of hydrogen-bond acceptors (Lipinski definition) is 3. The number of rotatable bonds is 4. The van der Waals surface area contributed by atoms with E-state index in [0.717, 1.165) is 37.3 Å². The number of hydrogen-bond donors (Lipinski definition) is 1. The number of nitrogens with zero attached hydrogens (tertiary/aromatic N) is 2. The van der Waals surface area contributed by atoms with Crippen molar-refractivity contribution in [3.63, 3.8) is 0 Å². The summed E-state index contributed by atoms with van der Waals surface area (Å²) in [6, 6.07) is 6.55. The van der Waals surface area contributed by atoms with Crippen molar-refractivity contribution in [1.29, 1.82) is 0 Å². The molecule has 1 atom stereocenters. The summed E-state index contributed by atoms with van der Waals surface area (Å²) in [6.45, 7) is 4.93. The fourth-order valence-electron chi connectivity index (χ4n) is 3.19. The van der Waals surface area contributed by atoms with E-state index in [-0.39, 0.29) is 6.04 Å². The molecule has 1 unspecified atom stereocenters. The minimum absolute atomic E-state index is 0.0446. The SMILES string of the molecule is Cc1nn(C)c(C)c1C(N)CCc1ccc2c(c1)CCO2. The van der Waals surface area contributed by atoms with Crippen molar-refractivity contribution in [1.82, 2.24) is 9.78 Å². The third-order valence-electron chi connectivity index (χ3n) is 4.43. The topological polar surface area (TPSA) is 53.1 Å². The van der Waals surface area contributed by atoms with Gasteiger partial charge in [0.05, 0.1) is 12.3 Å². The van der Waals surface area contributed by atoms with Gasteiger partial charge in [0.25, 0.3) is 0 Å². The monoisotopic (exact) mass is 285 g/mol. The van der Waals surface area contributed by atoms with Crippen molar-refractivity contribution in [2.24, 2.45) is 12.8 Å². The molecule has 112 valence electrons. The van der Waals surface area contributed by atoms with Gasteiger partial charge < -0.3 is 10.5 Å². The summed E-state index contributed by atoms with van der Waals surface area (Å²) in [4.78, 5) is 0. The minimum atomic E-state index is 0.0446. The van der Waals surface area contributed by atoms with Crippen molar-refractivity contribution in [3.05, 3.63) is 46.3 Å². The number of nitrogens with two attached hydrogens (primary N) is 1. The fraction of sp³-hybridized carbons (Fsp3) is 0.471. The molecule has 2 heterocycles. The smallest absolute Gasteiger partial charge is 0.122 e. The molecular weight excluding hydrogens is 262 g/mol. The molecule has 2 N–H and O–H groups in total. The summed E-state index contributed by atoms with van der Waals surface area (Å²) in [6.07, 6.45) is 2.95. The van der Waals surface area contributed by atoms with Crippen LogP contribution in [0.4, 0.5) is 0 Å². The number of benzene rings is 1. The average Bonchev–Trinajstić information content (AvgIpc) is 3.01. The molecule has 0 radical (unpaired) electrons. The summed E-state index contributed by atoms with van der Waals surface area (Å²) in [5, 5.41) is 4.45. The van der Waals surface area contributed by atoms with E-state index in [0.29, 0.717) is 0 Å². The second kappa shape index (κ2) is 5.53. The molecule has 0 spiro atoms. The van der Waals surface area contributed by atoms with Gasteiger partial charge in [0.15, 0.2) is 0 Å². The molecule has 3 rings (SSSR count). The van der Waals surface area contributed by atoms with E-state index in [4.69, 9.17) is 10.5 Å². The maximum absolute atomic E-state index is 6.39. The van der Waals surface area contributed by atoms with Crippen LogP contribution in [-0.4, -0.2) is 16.4 Å². The Morgan fingerprint density at radius 1 is 1.38 bits per heavy atom. The van der Waals surface area contributed by atoms with Crippen LogP contribution in [0.5, 0.6) is 5.75 Å². The van der Waals surface area contributed by atoms with Crippen LogP contribution in [0.25, 0.3) is 0 Å². The summed E-state index contributed by atoms with van der Waals surface area (Å²) in [5.74, 6) is 1.04. The predicted octanol–water partition coefficient (Wildman–Crippen LogP) is 2.60. The molecule has 1 aromatic heterocycles. The molecule has 2 aromatic rings. The van der Waals surface area contributed by atoms with E-state index in [9.17, 15) is 0 Å². The van der Waals surface area contributed by atoms with E-state index in [1.807, 2.05) is 18.7 Å². The van der Waals surface area contributed by atoms with E-state index >= 15 is 0 Å². The van der Waals surface area contributed by atoms with Gasteiger partial charge in [0.1, 0.15) is 5.75 Å². The fourth-order valence-corrected chi connectivity index (χ4v) is 3.19. The standard InChI is InChI=1S/C17H23N3O/c1-11-17(12(2)20(3)19-11)15(18)6-4-13-5-7-16-14(10-13)8-9-21-16/h5,7,10,15H,4,6,8-9,18H2,1-3H3. The van der Waals surface area contributed by atoms with Gasteiger partial charge >= 0.3 is 0 Å². The number of fused-ring (bicyclic) bond motifs is 1. The van der Waals surface area contributed by atoms with Gasteiger partial charge in [-0.05, 0) is 43.9 Å². The van der Waals surface area contributed by atoms with Gasteiger partial charge in [-0.1, -0.05) is 12.1 Å². The van der Waals surface area contributed by atoms with E-state index in [1.54, 1.807) is 0 Å². The number of aryl methyl sites for hydroxylation is 3. The van der Waals surface area contributed by atoms with Gasteiger partial charge in [-0.15, -0.1) is 0 Å². The molecule has 0 saturated heterocycles. The van der Waals surface area contributed by atoms with Crippen LogP contribution < -0.4 is 10.5 Å². The molecule has 1 aliphatic heterocycles. The first kappa shape index (κ1) is 14.1. The quantitative estimate of drug-likeness (QED) is 0.939. The Labute approximate surface area is 125 Å². The first-order valence-corrected chi connectivity index (χ1v) is 7.56. The summed E-state index contributed by atoms with van der Waals surface area (Å²) in [7, 11) is 1.97. The Bertz CT molecular complexity index is 660. The van der Waals surface area contributed by atoms with Crippen molar-refractivity contribution in [2.45, 2.75) is 39.2 Å². The van der Waals surface area contributed by atoms with Crippen molar-refractivity contribution in [3.8, 4) is 5.75 Å². The van der Waals surface area contributed by atoms with Crippen LogP contribution >= 0.6 is 0 Å². The van der Waals surface area contributed by atoms with Crippen LogP contribution in [-0.2, 0) is 19.9 Å². The van der Waals surface area contributed by atoms with Crippen molar-refractivity contribution < 1.29 is 4.74 Å². The molecular formula is C17H23N3O. The van der Waals surface area contributed by atoms with Gasteiger partial charge in [0, 0.05) is 30.8 Å². The van der Waals surface area contributed by atoms with Gasteiger partial charge in [0.2, 0.25) is 0 Å². The minimum Gasteiger partial charge on any atom is -0.493 e. The lowest BCUT2D eigenvalue weighted by Gasteiger charge is -2.13. The second-order valence-electron chi connectivity index (χ2n) is 5.89. The lowest BCUT2D eigenvalue weighted by Crippen LogP contribution is -2.13. The lowest BCUT2D eigenvalue weighted by atomic mass is 9.97. The molecule has 0 fully saturated rings. The molecule has 0 saturated carbocycles. The van der Waals surface area contributed by atoms with Crippen LogP contribution in [0, 0.1) is 13.8 Å². The maximum atomic E-state index is 6.39. The van der Waals surface area contributed by atoms with Crippen molar-refractivity contribution >= 4 is 0 Å². The zero-order chi connectivity index (χ0) is 15.0. The van der Waals surface area contributed by atoms with Crippen LogP contribution in [0.2, 0.25) is 0 Å². The highest BCUT2D eigenvalue weighted by Crippen LogP contribution is 2.28. The van der Waals surface area contributed by atoms with Crippen molar-refractivity contribution in [2.75, 3.05) is 6.61 Å². The Morgan fingerprint density at radius 3 is 2.90 bits per heavy atom. The second-order valence-corrected chi connectivity index (χ2v) is 5.89. The first-order chi connectivity index (χ1) is 10.1. The summed E-state index contributed by atoms with van der Waals surface area (Å²) in [5.41, 5.74) is 12.5. The van der Waals surface area contributed by atoms with E-state index in [2.05, 4.69) is 30.2 Å². The van der Waals surface area contributed by atoms with Crippen LogP contribution in [0.15, 0.2) is 18.2 Å². The molecule has 4 nitrogen and oxygen atoms in total. The van der Waals surface area contributed by atoms with Crippen LogP contribution in [0.1, 0.15) is 40.5 Å². The molecule has 4 heteroatoms. The summed E-state index contributed by atoms with van der Waals surface area (Å²) >= 11 is 0. The highest BCUT2D eigenvalue weighted by molar-refractivity contribution is 5.40. The van der Waals surface area contributed by atoms with Gasteiger partial charge in [-0.25, -0.2) is 0 Å². The largest absolute Gasteiger partial charge is 0.493 e. The third kappa shape index (κ3) is 2.68. The highest BCUT2D eigenvalue weighted by atomic mass is 16.5. The zero-order valence-electron chi connectivity index (χ0n) is 13.0. The lowest BCUT2D eigenvalue weighted by molar-refractivity contribution is 0.357. The predicted molar refractivity (Wildman–Crippen MR) is 83.6 cm³/mol. The first-order valence-electron chi connectivity index (χ1n) is 7.56. The Kier molecular flexibility index (Phi) is 3.72. The molecule has 1 aromatic carbocycles. The van der Waals surface area contributed by atoms with Gasteiger partial charge in [-0.3, -0.25) is 4.68 Å². The average molecular weight is 285 g/mol. The molecule has 0 bridgehead atoms. The number of ether oxygens (including phenoxy) is 1. The molecule has 1 aliphatic rings. The summed E-state index contributed by atoms with van der Waals surface area (Å²) < 4.78 is 7.46. The number of aromatic nitrogens is 2. The third-order valence-corrected chi connectivity index (χ3v) is 4.43. The zero-order valence-corrected chi connectivity index (χ0v) is 13.0. The van der Waals surface area contributed by atoms with E-state index < -0.39 is 0 Å². The molecule has 0 aliphatic carbocycles. The maximum Gasteiger partial charge on any atom is 0.122 e. The van der Waals surface area contributed by atoms with Gasteiger partial charge in [-0.2, -0.15) is 5.10 Å². The highest BCUT2D eigenvalue weighted by Gasteiger charge is 2.17. The van der Waals surface area contributed by atoms with Crippen LogP contribution in [0.3, 0.4) is 0 Å². The molecule has 0 amide bonds.